The Morgan fingerprint density at radius 3 is 1.60 bits per heavy atom. The molecule has 3 aromatic carbocycles. The summed E-state index contributed by atoms with van der Waals surface area (Å²) in [7, 11) is 7.16. The standard InChI is InChI=1S/C33H44O12/c1-40-26-13-20(31(38)29(17-35)43-4)7-6-19(26)12-23(16-34)33(22-8-10-24(37)27(15-22)41-2)45-25-11-9-21(14-28(25)42-3)32(39)30(18-36)44-5/h6-11,13-15,23,29-39H,12,16-18H2,1-5H3. The van der Waals surface area contributed by atoms with E-state index >= 15 is 0 Å². The van der Waals surface area contributed by atoms with Gasteiger partial charge < -0.3 is 59.1 Å². The van der Waals surface area contributed by atoms with Gasteiger partial charge in [-0.2, -0.15) is 0 Å². The summed E-state index contributed by atoms with van der Waals surface area (Å²) in [5.41, 5.74) is 2.22. The van der Waals surface area contributed by atoms with Crippen LogP contribution in [0.4, 0.5) is 0 Å². The summed E-state index contributed by atoms with van der Waals surface area (Å²) in [5, 5.41) is 61.4. The number of aliphatic hydroxyl groups excluding tert-OH is 5. The number of ether oxygens (including phenoxy) is 6. The Morgan fingerprint density at radius 1 is 0.578 bits per heavy atom. The number of phenols is 1. The maximum atomic E-state index is 10.7. The second kappa shape index (κ2) is 17.2. The van der Waals surface area contributed by atoms with E-state index in [9.17, 15) is 30.6 Å². The third-order valence-electron chi connectivity index (χ3n) is 7.78. The average Bonchev–Trinajstić information content (AvgIpc) is 3.07. The Hall–Kier alpha value is -3.62. The van der Waals surface area contributed by atoms with Gasteiger partial charge in [0.15, 0.2) is 23.0 Å². The van der Waals surface area contributed by atoms with Gasteiger partial charge in [-0.3, -0.25) is 0 Å². The van der Waals surface area contributed by atoms with Gasteiger partial charge in [-0.15, -0.1) is 0 Å². The van der Waals surface area contributed by atoms with Gasteiger partial charge in [-0.25, -0.2) is 0 Å². The van der Waals surface area contributed by atoms with Crippen LogP contribution in [0.1, 0.15) is 40.6 Å². The van der Waals surface area contributed by atoms with E-state index in [1.54, 1.807) is 48.5 Å². The number of benzene rings is 3. The van der Waals surface area contributed by atoms with Gasteiger partial charge in [0, 0.05) is 20.1 Å². The van der Waals surface area contributed by atoms with Crippen LogP contribution in [0.5, 0.6) is 28.7 Å². The molecule has 0 aliphatic heterocycles. The quantitative estimate of drug-likeness (QED) is 0.121. The molecule has 6 N–H and O–H groups in total. The van der Waals surface area contributed by atoms with E-state index in [0.717, 1.165) is 0 Å². The van der Waals surface area contributed by atoms with Gasteiger partial charge in [0.1, 0.15) is 36.3 Å². The summed E-state index contributed by atoms with van der Waals surface area (Å²) in [6.07, 6.45) is -4.43. The van der Waals surface area contributed by atoms with E-state index in [1.807, 2.05) is 0 Å². The number of aromatic hydroxyl groups is 1. The molecule has 3 aromatic rings. The van der Waals surface area contributed by atoms with E-state index in [-0.39, 0.29) is 37.7 Å². The number of hydrogen-bond acceptors (Lipinski definition) is 12. The monoisotopic (exact) mass is 632 g/mol. The molecular formula is C33H44O12. The fraction of sp³-hybridized carbons (Fsp3) is 0.455. The molecule has 0 saturated carbocycles. The molecule has 6 atom stereocenters. The summed E-state index contributed by atoms with van der Waals surface area (Å²) in [4.78, 5) is 0. The predicted octanol–water partition coefficient (Wildman–Crippen LogP) is 2.47. The number of hydrogen-bond donors (Lipinski definition) is 6. The summed E-state index contributed by atoms with van der Waals surface area (Å²) >= 11 is 0. The molecular weight excluding hydrogens is 588 g/mol. The van der Waals surface area contributed by atoms with Crippen molar-refractivity contribution in [3.05, 3.63) is 76.9 Å². The predicted molar refractivity (Wildman–Crippen MR) is 164 cm³/mol. The number of methoxy groups -OCH3 is 5. The fourth-order valence-corrected chi connectivity index (χ4v) is 5.11. The molecule has 6 unspecified atom stereocenters. The first kappa shape index (κ1) is 35.9. The second-order valence-electron chi connectivity index (χ2n) is 10.4. The summed E-state index contributed by atoms with van der Waals surface area (Å²) in [6, 6.07) is 14.7. The molecule has 0 spiro atoms. The Labute approximate surface area is 262 Å². The second-order valence-corrected chi connectivity index (χ2v) is 10.4. The van der Waals surface area contributed by atoms with Crippen molar-refractivity contribution in [3.8, 4) is 28.7 Å². The van der Waals surface area contributed by atoms with Crippen LogP contribution < -0.4 is 18.9 Å². The first-order valence-corrected chi connectivity index (χ1v) is 14.3. The highest BCUT2D eigenvalue weighted by molar-refractivity contribution is 5.46. The topological polar surface area (TPSA) is 177 Å². The van der Waals surface area contributed by atoms with Crippen molar-refractivity contribution in [1.29, 1.82) is 0 Å². The minimum atomic E-state index is -1.13. The lowest BCUT2D eigenvalue weighted by Crippen LogP contribution is -2.26. The van der Waals surface area contributed by atoms with E-state index in [4.69, 9.17) is 28.4 Å². The maximum absolute atomic E-state index is 10.7. The molecule has 0 radical (unpaired) electrons. The average molecular weight is 633 g/mol. The highest BCUT2D eigenvalue weighted by Crippen LogP contribution is 2.40. The molecule has 45 heavy (non-hydrogen) atoms. The lowest BCUT2D eigenvalue weighted by Gasteiger charge is -2.29. The van der Waals surface area contributed by atoms with Crippen molar-refractivity contribution in [2.75, 3.05) is 55.4 Å². The van der Waals surface area contributed by atoms with Gasteiger partial charge in [-0.05, 0) is 59.0 Å². The third kappa shape index (κ3) is 8.56. The molecule has 12 nitrogen and oxygen atoms in total. The van der Waals surface area contributed by atoms with Gasteiger partial charge in [0.25, 0.3) is 0 Å². The van der Waals surface area contributed by atoms with Crippen LogP contribution in [0.15, 0.2) is 54.6 Å². The third-order valence-corrected chi connectivity index (χ3v) is 7.78. The van der Waals surface area contributed by atoms with Crippen LogP contribution in [0.3, 0.4) is 0 Å². The zero-order valence-corrected chi connectivity index (χ0v) is 26.1. The molecule has 12 heteroatoms. The summed E-state index contributed by atoms with van der Waals surface area (Å²) < 4.78 is 33.4. The fourth-order valence-electron chi connectivity index (χ4n) is 5.11. The van der Waals surface area contributed by atoms with Crippen LogP contribution in [0.25, 0.3) is 0 Å². The van der Waals surface area contributed by atoms with Crippen molar-refractivity contribution in [3.63, 3.8) is 0 Å². The molecule has 248 valence electrons. The number of aliphatic hydroxyl groups is 5. The number of rotatable bonds is 18. The smallest absolute Gasteiger partial charge is 0.162 e. The lowest BCUT2D eigenvalue weighted by molar-refractivity contribution is -0.0425. The van der Waals surface area contributed by atoms with Crippen LogP contribution in [-0.2, 0) is 15.9 Å². The van der Waals surface area contributed by atoms with Crippen LogP contribution in [-0.4, -0.2) is 98.2 Å². The largest absolute Gasteiger partial charge is 0.504 e. The first-order valence-electron chi connectivity index (χ1n) is 14.3. The Morgan fingerprint density at radius 2 is 1.09 bits per heavy atom. The Bertz CT molecular complexity index is 1340. The molecule has 3 rings (SSSR count). The van der Waals surface area contributed by atoms with Crippen molar-refractivity contribution >= 4 is 0 Å². The van der Waals surface area contributed by atoms with Gasteiger partial charge >= 0.3 is 0 Å². The van der Waals surface area contributed by atoms with E-state index in [2.05, 4.69) is 0 Å². The zero-order valence-electron chi connectivity index (χ0n) is 26.1. The molecule has 0 amide bonds. The van der Waals surface area contributed by atoms with Gasteiger partial charge in [0.05, 0.1) is 41.2 Å². The van der Waals surface area contributed by atoms with Crippen LogP contribution in [0, 0.1) is 5.92 Å². The molecule has 0 aliphatic carbocycles. The van der Waals surface area contributed by atoms with Crippen molar-refractivity contribution in [2.24, 2.45) is 5.92 Å². The SMILES string of the molecule is COc1cc(C(Oc2ccc(C(O)C(CO)OC)cc2OC)C(CO)Cc2ccc(C(O)C(CO)OC)cc2OC)ccc1O. The van der Waals surface area contributed by atoms with E-state index in [0.29, 0.717) is 39.5 Å². The molecule has 0 aromatic heterocycles. The first-order chi connectivity index (χ1) is 21.7. The van der Waals surface area contributed by atoms with Crippen LogP contribution in [0.2, 0.25) is 0 Å². The lowest BCUT2D eigenvalue weighted by atomic mass is 9.88. The van der Waals surface area contributed by atoms with E-state index < -0.39 is 36.4 Å². The highest BCUT2D eigenvalue weighted by atomic mass is 16.5. The minimum Gasteiger partial charge on any atom is -0.504 e. The van der Waals surface area contributed by atoms with Gasteiger partial charge in [0.2, 0.25) is 0 Å². The minimum absolute atomic E-state index is 0.0684. The summed E-state index contributed by atoms with van der Waals surface area (Å²) in [5.74, 6) is 0.621. The molecule has 0 bridgehead atoms. The van der Waals surface area contributed by atoms with Gasteiger partial charge in [-0.1, -0.05) is 24.3 Å². The van der Waals surface area contributed by atoms with Crippen molar-refractivity contribution < 1.29 is 59.1 Å². The molecule has 0 heterocycles. The zero-order chi connectivity index (χ0) is 33.1. The normalized spacial score (nSPS) is 15.4. The molecule has 0 saturated heterocycles. The van der Waals surface area contributed by atoms with Crippen molar-refractivity contribution in [2.45, 2.75) is 36.9 Å². The van der Waals surface area contributed by atoms with Crippen LogP contribution >= 0.6 is 0 Å². The molecule has 0 fully saturated rings. The Balaban J connectivity index is 2.04. The highest BCUT2D eigenvalue weighted by Gasteiger charge is 2.30. The van der Waals surface area contributed by atoms with Crippen molar-refractivity contribution in [1.82, 2.24) is 0 Å². The maximum Gasteiger partial charge on any atom is 0.162 e. The number of phenolic OH excluding ortho intramolecular Hbond substituents is 1. The van der Waals surface area contributed by atoms with E-state index in [1.165, 1.54) is 41.6 Å². The molecule has 0 aliphatic rings. The Kier molecular flexibility index (Phi) is 13.7. The summed E-state index contributed by atoms with van der Waals surface area (Å²) in [6.45, 7) is -1.08.